The van der Waals surface area contributed by atoms with Crippen molar-refractivity contribution < 1.29 is 45.6 Å². The number of hydrogen-bond acceptors (Lipinski definition) is 9. The monoisotopic (exact) mass is 284 g/mol. The molecule has 1 unspecified atom stereocenters. The molecule has 9 atom stereocenters. The topological polar surface area (TPSA) is 171 Å². The van der Waals surface area contributed by atoms with Crippen molar-refractivity contribution in [2.75, 3.05) is 0 Å². The largest absolute Gasteiger partial charge is 0.391 e. The van der Waals surface area contributed by atoms with E-state index in [1.165, 1.54) is 6.92 Å². The van der Waals surface area contributed by atoms with Gasteiger partial charge in [-0.05, 0) is 6.92 Å². The van der Waals surface area contributed by atoms with Crippen LogP contribution in [0.15, 0.2) is 0 Å². The molecule has 0 amide bonds. The van der Waals surface area contributed by atoms with E-state index in [1.54, 1.807) is 0 Å². The first-order valence-electron chi connectivity index (χ1n) is 5.78. The van der Waals surface area contributed by atoms with Crippen molar-refractivity contribution in [2.24, 2.45) is 0 Å². The second-order valence-corrected chi connectivity index (χ2v) is 4.68. The molecule has 1 fully saturated rings. The van der Waals surface area contributed by atoms with Crippen LogP contribution in [0.2, 0.25) is 0 Å². The highest BCUT2D eigenvalue weighted by atomic mass is 16.6. The smallest absolute Gasteiger partial charge is 0.184 e. The van der Waals surface area contributed by atoms with Crippen molar-refractivity contribution in [1.29, 1.82) is 0 Å². The fraction of sp³-hybridized carbons (Fsp3) is 1.00. The summed E-state index contributed by atoms with van der Waals surface area (Å²) < 4.78 is 4.69. The second-order valence-electron chi connectivity index (χ2n) is 4.68. The zero-order valence-corrected chi connectivity index (χ0v) is 10.2. The summed E-state index contributed by atoms with van der Waals surface area (Å²) in [6.45, 7) is 1.17. The van der Waals surface area contributed by atoms with Crippen molar-refractivity contribution >= 4 is 0 Å². The molecule has 1 rings (SSSR count). The molecule has 0 aromatic carbocycles. The first-order valence-corrected chi connectivity index (χ1v) is 5.78. The van der Waals surface area contributed by atoms with Crippen molar-refractivity contribution in [3.8, 4) is 0 Å². The predicted octanol–water partition coefficient (Wildman–Crippen LogP) is -4.75. The van der Waals surface area contributed by atoms with Crippen molar-refractivity contribution in [1.82, 2.24) is 0 Å². The fourth-order valence-electron chi connectivity index (χ4n) is 1.85. The highest BCUT2D eigenvalue weighted by Crippen LogP contribution is 2.24. The normalized spacial score (nSPS) is 42.5. The van der Waals surface area contributed by atoms with E-state index in [2.05, 4.69) is 4.74 Å². The molecule has 0 saturated carbocycles. The molecule has 0 radical (unpaired) electrons. The molecule has 9 nitrogen and oxygen atoms in total. The van der Waals surface area contributed by atoms with Crippen LogP contribution in [0.3, 0.4) is 0 Å². The summed E-state index contributed by atoms with van der Waals surface area (Å²) in [5, 5.41) is 75.3. The Hall–Kier alpha value is -0.360. The molecule has 1 aliphatic heterocycles. The Balaban J connectivity index is 2.78. The Morgan fingerprint density at radius 3 is 1.79 bits per heavy atom. The minimum Gasteiger partial charge on any atom is -0.391 e. The van der Waals surface area contributed by atoms with E-state index >= 15 is 0 Å². The lowest BCUT2D eigenvalue weighted by Gasteiger charge is -2.41. The lowest BCUT2D eigenvalue weighted by molar-refractivity contribution is -0.305. The van der Waals surface area contributed by atoms with Crippen LogP contribution in [-0.2, 0) is 4.74 Å². The van der Waals surface area contributed by atoms with Crippen LogP contribution >= 0.6 is 0 Å². The summed E-state index contributed by atoms with van der Waals surface area (Å²) in [6, 6.07) is 0. The standard InChI is InChI=1S/C10H20O9/c1-2(11)3(12)4(13)6(15)9-7(16)5(14)8(17)10(18)19-9/h2-18H,1H3/t2-,3+,4+,5+,6+,7-,8-,9-,10?/m1/s1. The van der Waals surface area contributed by atoms with Gasteiger partial charge in [-0.1, -0.05) is 0 Å². The van der Waals surface area contributed by atoms with E-state index in [9.17, 15) is 35.7 Å². The van der Waals surface area contributed by atoms with Crippen LogP contribution in [0, 0.1) is 0 Å². The quantitative estimate of drug-likeness (QED) is 0.252. The maximum atomic E-state index is 9.74. The van der Waals surface area contributed by atoms with Gasteiger partial charge in [0.25, 0.3) is 0 Å². The van der Waals surface area contributed by atoms with E-state index in [-0.39, 0.29) is 0 Å². The molecule has 1 heterocycles. The average molecular weight is 284 g/mol. The van der Waals surface area contributed by atoms with E-state index in [4.69, 9.17) is 5.11 Å². The third-order valence-electron chi connectivity index (χ3n) is 3.16. The molecular formula is C10H20O9. The number of ether oxygens (including phenoxy) is 1. The van der Waals surface area contributed by atoms with Crippen molar-refractivity contribution in [3.63, 3.8) is 0 Å². The van der Waals surface area contributed by atoms with Crippen molar-refractivity contribution in [2.45, 2.75) is 62.0 Å². The summed E-state index contributed by atoms with van der Waals surface area (Å²) in [6.07, 6.45) is -15.7. The Labute approximate surface area is 108 Å². The fourth-order valence-corrected chi connectivity index (χ4v) is 1.85. The third kappa shape index (κ3) is 3.40. The third-order valence-corrected chi connectivity index (χ3v) is 3.16. The minimum atomic E-state index is -1.89. The van der Waals surface area contributed by atoms with Gasteiger partial charge in [-0.3, -0.25) is 0 Å². The van der Waals surface area contributed by atoms with Crippen LogP contribution in [0.1, 0.15) is 6.92 Å². The zero-order chi connectivity index (χ0) is 14.9. The minimum absolute atomic E-state index is 1.17. The Kier molecular flexibility index (Phi) is 5.62. The van der Waals surface area contributed by atoms with Crippen LogP contribution in [0.5, 0.6) is 0 Å². The van der Waals surface area contributed by atoms with Gasteiger partial charge < -0.3 is 45.6 Å². The Bertz CT molecular complexity index is 286. The lowest BCUT2D eigenvalue weighted by atomic mass is 9.90. The number of aliphatic hydroxyl groups excluding tert-OH is 8. The maximum Gasteiger partial charge on any atom is 0.184 e. The molecule has 0 bridgehead atoms. The first kappa shape index (κ1) is 16.7. The summed E-state index contributed by atoms with van der Waals surface area (Å²) in [7, 11) is 0. The molecule has 0 aromatic rings. The molecule has 1 aliphatic rings. The maximum absolute atomic E-state index is 9.74. The van der Waals surface area contributed by atoms with E-state index in [1.807, 2.05) is 0 Å². The highest BCUT2D eigenvalue weighted by molar-refractivity contribution is 4.95. The van der Waals surface area contributed by atoms with Crippen molar-refractivity contribution in [3.05, 3.63) is 0 Å². The van der Waals surface area contributed by atoms with Crippen LogP contribution in [0.4, 0.5) is 0 Å². The Morgan fingerprint density at radius 2 is 1.32 bits per heavy atom. The van der Waals surface area contributed by atoms with Crippen LogP contribution in [-0.4, -0.2) is 96.0 Å². The number of hydrogen-bond donors (Lipinski definition) is 8. The molecule has 0 aliphatic carbocycles. The van der Waals surface area contributed by atoms with Gasteiger partial charge in [-0.25, -0.2) is 0 Å². The molecule has 19 heavy (non-hydrogen) atoms. The lowest BCUT2D eigenvalue weighted by Crippen LogP contribution is -2.63. The summed E-state index contributed by atoms with van der Waals surface area (Å²) in [5.41, 5.74) is 0. The predicted molar refractivity (Wildman–Crippen MR) is 58.6 cm³/mol. The zero-order valence-electron chi connectivity index (χ0n) is 10.2. The van der Waals surface area contributed by atoms with Gasteiger partial charge in [0.2, 0.25) is 0 Å². The molecule has 8 N–H and O–H groups in total. The second kappa shape index (κ2) is 6.39. The molecule has 9 heteroatoms. The van der Waals surface area contributed by atoms with Gasteiger partial charge in [-0.2, -0.15) is 0 Å². The number of rotatable bonds is 4. The molecule has 114 valence electrons. The molecule has 0 spiro atoms. The average Bonchev–Trinajstić information content (AvgIpc) is 2.37. The highest BCUT2D eigenvalue weighted by Gasteiger charge is 2.48. The van der Waals surface area contributed by atoms with Gasteiger partial charge in [0, 0.05) is 0 Å². The van der Waals surface area contributed by atoms with Gasteiger partial charge in [-0.15, -0.1) is 0 Å². The van der Waals surface area contributed by atoms with Gasteiger partial charge in [0.15, 0.2) is 6.29 Å². The molecule has 1 saturated heterocycles. The van der Waals surface area contributed by atoms with Crippen LogP contribution in [0.25, 0.3) is 0 Å². The van der Waals surface area contributed by atoms with E-state index < -0.39 is 55.1 Å². The summed E-state index contributed by atoms with van der Waals surface area (Å²) in [4.78, 5) is 0. The van der Waals surface area contributed by atoms with E-state index in [0.717, 1.165) is 0 Å². The van der Waals surface area contributed by atoms with Gasteiger partial charge in [0.1, 0.15) is 42.7 Å². The Morgan fingerprint density at radius 1 is 0.789 bits per heavy atom. The SMILES string of the molecule is C[C@@H](O)[C@H](O)[C@H](O)[C@H](O)[C@H]1OC(O)[C@H](O)[C@@H](O)[C@H]1O. The van der Waals surface area contributed by atoms with Gasteiger partial charge >= 0.3 is 0 Å². The molecule has 0 aromatic heterocycles. The van der Waals surface area contributed by atoms with Crippen LogP contribution < -0.4 is 0 Å². The summed E-state index contributed by atoms with van der Waals surface area (Å²) >= 11 is 0. The molecular weight excluding hydrogens is 264 g/mol. The van der Waals surface area contributed by atoms with E-state index in [0.29, 0.717) is 0 Å². The number of aliphatic hydroxyl groups is 8. The van der Waals surface area contributed by atoms with Gasteiger partial charge in [0.05, 0.1) is 6.10 Å². The first-order chi connectivity index (χ1) is 8.68. The summed E-state index contributed by atoms with van der Waals surface area (Å²) in [5.74, 6) is 0.